The number of halogens is 2. The van der Waals surface area contributed by atoms with Crippen molar-refractivity contribution >= 4 is 17.8 Å². The molecule has 8 heteroatoms. The van der Waals surface area contributed by atoms with E-state index in [0.717, 1.165) is 0 Å². The lowest BCUT2D eigenvalue weighted by Gasteiger charge is -2.30. The maximum Gasteiger partial charge on any atom is 0.323 e. The van der Waals surface area contributed by atoms with Gasteiger partial charge in [0.05, 0.1) is 0 Å². The van der Waals surface area contributed by atoms with Crippen LogP contribution in [0, 0.1) is 5.92 Å². The monoisotopic (exact) mass is 279 g/mol. The maximum atomic E-state index is 12.9. The Bertz CT molecular complexity index is 359. The van der Waals surface area contributed by atoms with Gasteiger partial charge in [-0.25, -0.2) is 8.78 Å². The Morgan fingerprint density at radius 3 is 1.84 bits per heavy atom. The molecule has 0 aromatic rings. The topological polar surface area (TPSA) is 94.9 Å². The summed E-state index contributed by atoms with van der Waals surface area (Å²) in [5.74, 6) is -6.87. The van der Waals surface area contributed by atoms with Gasteiger partial charge in [0.1, 0.15) is 13.1 Å². The molecule has 108 valence electrons. The number of carboxylic acids is 2. The van der Waals surface area contributed by atoms with Crippen molar-refractivity contribution in [3.63, 3.8) is 0 Å². The van der Waals surface area contributed by atoms with Gasteiger partial charge in [-0.3, -0.25) is 14.4 Å². The van der Waals surface area contributed by atoms with Crippen LogP contribution in [0.3, 0.4) is 0 Å². The van der Waals surface area contributed by atoms with E-state index in [1.54, 1.807) is 0 Å². The number of carbonyl (C=O) groups is 3. The zero-order valence-electron chi connectivity index (χ0n) is 10.1. The molecule has 1 aliphatic carbocycles. The van der Waals surface area contributed by atoms with Gasteiger partial charge >= 0.3 is 11.9 Å². The van der Waals surface area contributed by atoms with Crippen LogP contribution < -0.4 is 0 Å². The molecule has 0 saturated heterocycles. The van der Waals surface area contributed by atoms with E-state index >= 15 is 0 Å². The van der Waals surface area contributed by atoms with E-state index in [-0.39, 0.29) is 12.8 Å². The van der Waals surface area contributed by atoms with Gasteiger partial charge in [-0.05, 0) is 12.8 Å². The molecule has 0 unspecified atom stereocenters. The molecule has 1 aliphatic rings. The molecule has 19 heavy (non-hydrogen) atoms. The van der Waals surface area contributed by atoms with Crippen molar-refractivity contribution in [2.75, 3.05) is 13.1 Å². The minimum absolute atomic E-state index is 0.0540. The Morgan fingerprint density at radius 1 is 1.05 bits per heavy atom. The number of amides is 1. The van der Waals surface area contributed by atoms with Crippen LogP contribution in [-0.4, -0.2) is 52.0 Å². The molecule has 0 bridgehead atoms. The normalized spacial score (nSPS) is 18.8. The summed E-state index contributed by atoms with van der Waals surface area (Å²) in [5.41, 5.74) is 0. The molecule has 2 N–H and O–H groups in total. The summed E-state index contributed by atoms with van der Waals surface area (Å²) in [7, 11) is 0. The summed E-state index contributed by atoms with van der Waals surface area (Å²) in [4.78, 5) is 33.8. The zero-order chi connectivity index (χ0) is 14.6. The molecule has 6 nitrogen and oxygen atoms in total. The van der Waals surface area contributed by atoms with Gasteiger partial charge in [-0.2, -0.15) is 0 Å². The van der Waals surface area contributed by atoms with Gasteiger partial charge in [0.2, 0.25) is 11.8 Å². The molecule has 0 spiro atoms. The lowest BCUT2D eigenvalue weighted by molar-refractivity contribution is -0.153. The van der Waals surface area contributed by atoms with E-state index in [1.165, 1.54) is 0 Å². The molecule has 0 radical (unpaired) electrons. The van der Waals surface area contributed by atoms with Crippen molar-refractivity contribution < 1.29 is 33.4 Å². The van der Waals surface area contributed by atoms with Gasteiger partial charge in [0, 0.05) is 18.8 Å². The molecular weight excluding hydrogens is 264 g/mol. The van der Waals surface area contributed by atoms with E-state index in [9.17, 15) is 23.2 Å². The van der Waals surface area contributed by atoms with Gasteiger partial charge in [-0.1, -0.05) is 0 Å². The quantitative estimate of drug-likeness (QED) is 0.776. The van der Waals surface area contributed by atoms with Crippen LogP contribution in [0.5, 0.6) is 0 Å². The zero-order valence-corrected chi connectivity index (χ0v) is 10.1. The summed E-state index contributed by atoms with van der Waals surface area (Å²) in [6.45, 7) is -1.48. The number of aliphatic carboxylic acids is 2. The van der Waals surface area contributed by atoms with E-state index in [2.05, 4.69) is 0 Å². The SMILES string of the molecule is O=C(O)CN(CC(=O)O)C(=O)C1CCC(F)(F)CC1. The van der Waals surface area contributed by atoms with Crippen molar-refractivity contribution in [2.24, 2.45) is 5.92 Å². The lowest BCUT2D eigenvalue weighted by Crippen LogP contribution is -2.44. The minimum atomic E-state index is -2.79. The fourth-order valence-corrected chi connectivity index (χ4v) is 2.08. The molecule has 1 amide bonds. The second-order valence-corrected chi connectivity index (χ2v) is 4.61. The second kappa shape index (κ2) is 5.94. The Hall–Kier alpha value is -1.73. The number of alkyl halides is 2. The highest BCUT2D eigenvalue weighted by molar-refractivity contribution is 5.86. The minimum Gasteiger partial charge on any atom is -0.480 e. The first kappa shape index (κ1) is 15.3. The average Bonchev–Trinajstić information content (AvgIpc) is 2.26. The fraction of sp³-hybridized carbons (Fsp3) is 0.727. The summed E-state index contributed by atoms with van der Waals surface area (Å²) in [6, 6.07) is 0. The lowest BCUT2D eigenvalue weighted by atomic mass is 9.86. The first-order valence-electron chi connectivity index (χ1n) is 5.81. The van der Waals surface area contributed by atoms with Crippen LogP contribution >= 0.6 is 0 Å². The van der Waals surface area contributed by atoms with Gasteiger partial charge in [0.15, 0.2) is 0 Å². The predicted octanol–water partition coefficient (Wildman–Crippen LogP) is 0.810. The fourth-order valence-electron chi connectivity index (χ4n) is 2.08. The number of rotatable bonds is 5. The van der Waals surface area contributed by atoms with Crippen molar-refractivity contribution in [3.05, 3.63) is 0 Å². The maximum absolute atomic E-state index is 12.9. The standard InChI is InChI=1S/C11H15F2NO5/c12-11(13)3-1-7(2-4-11)10(19)14(5-8(15)16)6-9(17)18/h7H,1-6H2,(H,15,16)(H,17,18). The van der Waals surface area contributed by atoms with Crippen LogP contribution in [0.15, 0.2) is 0 Å². The molecule has 1 fully saturated rings. The Labute approximate surface area is 108 Å². The van der Waals surface area contributed by atoms with Gasteiger partial charge in [0.25, 0.3) is 0 Å². The van der Waals surface area contributed by atoms with Crippen molar-refractivity contribution in [1.29, 1.82) is 0 Å². The molecule has 0 aromatic carbocycles. The van der Waals surface area contributed by atoms with Crippen LogP contribution in [0.1, 0.15) is 25.7 Å². The van der Waals surface area contributed by atoms with Crippen LogP contribution in [0.4, 0.5) is 8.78 Å². The van der Waals surface area contributed by atoms with Crippen molar-refractivity contribution in [2.45, 2.75) is 31.6 Å². The number of hydrogen-bond donors (Lipinski definition) is 2. The van der Waals surface area contributed by atoms with Crippen LogP contribution in [0.2, 0.25) is 0 Å². The number of carbonyl (C=O) groups excluding carboxylic acids is 1. The smallest absolute Gasteiger partial charge is 0.323 e. The van der Waals surface area contributed by atoms with E-state index in [4.69, 9.17) is 10.2 Å². The molecule has 1 rings (SSSR count). The average molecular weight is 279 g/mol. The highest BCUT2D eigenvalue weighted by Gasteiger charge is 2.39. The summed E-state index contributed by atoms with van der Waals surface area (Å²) < 4.78 is 25.9. The van der Waals surface area contributed by atoms with Crippen molar-refractivity contribution in [1.82, 2.24) is 4.90 Å². The number of nitrogens with zero attached hydrogens (tertiary/aromatic N) is 1. The van der Waals surface area contributed by atoms with E-state index < -0.39 is 55.6 Å². The molecule has 0 atom stereocenters. The summed E-state index contributed by atoms with van der Waals surface area (Å²) in [6.07, 6.45) is -0.974. The predicted molar refractivity (Wildman–Crippen MR) is 58.8 cm³/mol. The molecular formula is C11H15F2NO5. The molecule has 0 aromatic heterocycles. The molecule has 1 saturated carbocycles. The van der Waals surface area contributed by atoms with Crippen molar-refractivity contribution in [3.8, 4) is 0 Å². The Morgan fingerprint density at radius 2 is 1.47 bits per heavy atom. The highest BCUT2D eigenvalue weighted by Crippen LogP contribution is 2.36. The first-order chi connectivity index (χ1) is 8.71. The highest BCUT2D eigenvalue weighted by atomic mass is 19.3. The Kier molecular flexibility index (Phi) is 4.79. The van der Waals surface area contributed by atoms with Gasteiger partial charge < -0.3 is 15.1 Å². The van der Waals surface area contributed by atoms with Gasteiger partial charge in [-0.15, -0.1) is 0 Å². The van der Waals surface area contributed by atoms with Crippen LogP contribution in [0.25, 0.3) is 0 Å². The third-order valence-corrected chi connectivity index (χ3v) is 3.03. The first-order valence-corrected chi connectivity index (χ1v) is 5.81. The third kappa shape index (κ3) is 4.80. The number of hydrogen-bond acceptors (Lipinski definition) is 3. The van der Waals surface area contributed by atoms with Crippen LogP contribution in [-0.2, 0) is 14.4 Å². The summed E-state index contributed by atoms with van der Waals surface area (Å²) in [5, 5.41) is 17.2. The van der Waals surface area contributed by atoms with E-state index in [1.807, 2.05) is 0 Å². The number of carboxylic acid groups (broad SMARTS) is 2. The second-order valence-electron chi connectivity index (χ2n) is 4.61. The largest absolute Gasteiger partial charge is 0.480 e. The Balaban J connectivity index is 2.66. The summed E-state index contributed by atoms with van der Waals surface area (Å²) >= 11 is 0. The third-order valence-electron chi connectivity index (χ3n) is 3.03. The van der Waals surface area contributed by atoms with E-state index in [0.29, 0.717) is 4.90 Å². The molecule has 0 aliphatic heterocycles. The molecule has 0 heterocycles.